The highest BCUT2D eigenvalue weighted by Gasteiger charge is 2.00. The predicted octanol–water partition coefficient (Wildman–Crippen LogP) is 1.26. The Hall–Kier alpha value is -2.22. The lowest BCUT2D eigenvalue weighted by Gasteiger charge is -2.06. The van der Waals surface area contributed by atoms with E-state index in [0.717, 1.165) is 11.9 Å². The van der Waals surface area contributed by atoms with Crippen LogP contribution in [0.25, 0.3) is 0 Å². The SMILES string of the molecule is C=C(CCC=O)COc1cc(C#N)ncn1. The fraction of sp³-hybridized carbons (Fsp3) is 0.273. The van der Waals surface area contributed by atoms with Crippen molar-refractivity contribution in [3.63, 3.8) is 0 Å². The maximum atomic E-state index is 10.1. The average Bonchev–Trinajstić information content (AvgIpc) is 2.34. The van der Waals surface area contributed by atoms with Crippen LogP contribution in [0, 0.1) is 11.3 Å². The zero-order valence-electron chi connectivity index (χ0n) is 8.72. The number of ether oxygens (including phenoxy) is 1. The van der Waals surface area contributed by atoms with E-state index in [2.05, 4.69) is 16.5 Å². The van der Waals surface area contributed by atoms with Crippen LogP contribution in [-0.4, -0.2) is 22.9 Å². The van der Waals surface area contributed by atoms with Crippen molar-refractivity contribution in [3.05, 3.63) is 30.2 Å². The fourth-order valence-corrected chi connectivity index (χ4v) is 0.991. The summed E-state index contributed by atoms with van der Waals surface area (Å²) >= 11 is 0. The van der Waals surface area contributed by atoms with E-state index in [0.29, 0.717) is 18.7 Å². The molecule has 1 aromatic heterocycles. The number of rotatable bonds is 6. The Morgan fingerprint density at radius 1 is 1.62 bits per heavy atom. The molecule has 0 aliphatic rings. The van der Waals surface area contributed by atoms with Crippen LogP contribution in [0.1, 0.15) is 18.5 Å². The first-order valence-electron chi connectivity index (χ1n) is 4.71. The summed E-state index contributed by atoms with van der Waals surface area (Å²) in [7, 11) is 0. The second-order valence-corrected chi connectivity index (χ2v) is 3.10. The Balaban J connectivity index is 2.45. The summed E-state index contributed by atoms with van der Waals surface area (Å²) in [6.45, 7) is 4.04. The third-order valence-electron chi connectivity index (χ3n) is 1.80. The Bertz CT molecular complexity index is 423. The van der Waals surface area contributed by atoms with Gasteiger partial charge in [-0.1, -0.05) is 6.58 Å². The molecule has 1 heterocycles. The number of carbonyl (C=O) groups excluding carboxylic acids is 1. The lowest BCUT2D eigenvalue weighted by molar-refractivity contribution is -0.107. The first kappa shape index (κ1) is 11.9. The van der Waals surface area contributed by atoms with Crippen molar-refractivity contribution in [2.45, 2.75) is 12.8 Å². The van der Waals surface area contributed by atoms with Crippen LogP contribution in [0.15, 0.2) is 24.5 Å². The van der Waals surface area contributed by atoms with Gasteiger partial charge in [-0.05, 0) is 12.0 Å². The summed E-state index contributed by atoms with van der Waals surface area (Å²) < 4.78 is 5.29. The van der Waals surface area contributed by atoms with Gasteiger partial charge in [0.2, 0.25) is 5.88 Å². The molecule has 0 aliphatic heterocycles. The Kier molecular flexibility index (Phi) is 4.67. The highest BCUT2D eigenvalue weighted by Crippen LogP contribution is 2.08. The quantitative estimate of drug-likeness (QED) is 0.529. The molecule has 0 N–H and O–H groups in total. The summed E-state index contributed by atoms with van der Waals surface area (Å²) in [5.41, 5.74) is 1.06. The van der Waals surface area contributed by atoms with Gasteiger partial charge in [0.1, 0.15) is 31.0 Å². The smallest absolute Gasteiger partial charge is 0.217 e. The van der Waals surface area contributed by atoms with Gasteiger partial charge in [0.05, 0.1) is 0 Å². The number of nitrogens with zero attached hydrogens (tertiary/aromatic N) is 3. The molecule has 16 heavy (non-hydrogen) atoms. The number of nitriles is 1. The molecule has 0 radical (unpaired) electrons. The minimum absolute atomic E-state index is 0.253. The van der Waals surface area contributed by atoms with Gasteiger partial charge in [-0.2, -0.15) is 5.26 Å². The lowest BCUT2D eigenvalue weighted by atomic mass is 10.2. The van der Waals surface area contributed by atoms with E-state index in [1.807, 2.05) is 6.07 Å². The van der Waals surface area contributed by atoms with E-state index >= 15 is 0 Å². The largest absolute Gasteiger partial charge is 0.473 e. The molecule has 0 spiro atoms. The summed E-state index contributed by atoms with van der Waals surface area (Å²) in [5, 5.41) is 8.60. The van der Waals surface area contributed by atoms with Crippen LogP contribution in [-0.2, 0) is 4.79 Å². The highest BCUT2D eigenvalue weighted by molar-refractivity contribution is 5.49. The maximum absolute atomic E-state index is 10.1. The van der Waals surface area contributed by atoms with Gasteiger partial charge in [-0.3, -0.25) is 0 Å². The molecule has 5 nitrogen and oxygen atoms in total. The number of carbonyl (C=O) groups is 1. The molecule has 5 heteroatoms. The van der Waals surface area contributed by atoms with E-state index in [9.17, 15) is 4.79 Å². The van der Waals surface area contributed by atoms with E-state index in [1.54, 1.807) is 0 Å². The molecular formula is C11H11N3O2. The maximum Gasteiger partial charge on any atom is 0.217 e. The predicted molar refractivity (Wildman–Crippen MR) is 56.7 cm³/mol. The second kappa shape index (κ2) is 6.30. The first-order chi connectivity index (χ1) is 7.76. The highest BCUT2D eigenvalue weighted by atomic mass is 16.5. The van der Waals surface area contributed by atoms with Crippen LogP contribution >= 0.6 is 0 Å². The van der Waals surface area contributed by atoms with Gasteiger partial charge in [-0.25, -0.2) is 9.97 Å². The molecule has 1 rings (SSSR count). The van der Waals surface area contributed by atoms with Crippen LogP contribution < -0.4 is 4.74 Å². The van der Waals surface area contributed by atoms with Crippen LogP contribution in [0.5, 0.6) is 5.88 Å². The molecule has 82 valence electrons. The van der Waals surface area contributed by atoms with Crippen molar-refractivity contribution in [1.82, 2.24) is 9.97 Å². The summed E-state index contributed by atoms with van der Waals surface area (Å²) in [4.78, 5) is 17.7. The molecule has 0 bridgehead atoms. The minimum atomic E-state index is 0.253. The van der Waals surface area contributed by atoms with Crippen molar-refractivity contribution in [3.8, 4) is 11.9 Å². The molecule has 0 atom stereocenters. The normalized spacial score (nSPS) is 9.19. The summed E-state index contributed by atoms with van der Waals surface area (Å²) in [6, 6.07) is 3.34. The Morgan fingerprint density at radius 3 is 3.12 bits per heavy atom. The Labute approximate surface area is 93.4 Å². The standard InChI is InChI=1S/C11H11N3O2/c1-9(3-2-4-15)7-16-11-5-10(6-12)13-8-14-11/h4-5,8H,1-3,7H2. The molecule has 0 unspecified atom stereocenters. The summed E-state index contributed by atoms with van der Waals surface area (Å²) in [5.74, 6) is 0.332. The van der Waals surface area contributed by atoms with Gasteiger partial charge in [0, 0.05) is 12.5 Å². The van der Waals surface area contributed by atoms with E-state index in [1.165, 1.54) is 12.4 Å². The molecular weight excluding hydrogens is 206 g/mol. The number of aldehydes is 1. The Morgan fingerprint density at radius 2 is 2.44 bits per heavy atom. The van der Waals surface area contributed by atoms with Crippen LogP contribution in [0.4, 0.5) is 0 Å². The molecule has 0 aliphatic carbocycles. The number of hydrogen-bond acceptors (Lipinski definition) is 5. The van der Waals surface area contributed by atoms with Gasteiger partial charge < -0.3 is 9.53 Å². The lowest BCUT2D eigenvalue weighted by Crippen LogP contribution is -2.02. The zero-order chi connectivity index (χ0) is 11.8. The summed E-state index contributed by atoms with van der Waals surface area (Å²) in [6.07, 6.45) is 3.14. The van der Waals surface area contributed by atoms with Crippen molar-refractivity contribution < 1.29 is 9.53 Å². The molecule has 0 amide bonds. The minimum Gasteiger partial charge on any atom is -0.473 e. The van der Waals surface area contributed by atoms with Gasteiger partial charge in [-0.15, -0.1) is 0 Å². The average molecular weight is 217 g/mol. The van der Waals surface area contributed by atoms with Crippen LogP contribution in [0.3, 0.4) is 0 Å². The topological polar surface area (TPSA) is 75.9 Å². The number of aromatic nitrogens is 2. The molecule has 0 aromatic carbocycles. The van der Waals surface area contributed by atoms with E-state index < -0.39 is 0 Å². The third kappa shape index (κ3) is 3.88. The van der Waals surface area contributed by atoms with Gasteiger partial charge >= 0.3 is 0 Å². The van der Waals surface area contributed by atoms with Crippen molar-refractivity contribution >= 4 is 6.29 Å². The van der Waals surface area contributed by atoms with Gasteiger partial charge in [0.15, 0.2) is 0 Å². The molecule has 0 saturated carbocycles. The zero-order valence-corrected chi connectivity index (χ0v) is 8.72. The molecule has 1 aromatic rings. The second-order valence-electron chi connectivity index (χ2n) is 3.10. The van der Waals surface area contributed by atoms with Gasteiger partial charge in [0.25, 0.3) is 0 Å². The van der Waals surface area contributed by atoms with Crippen LogP contribution in [0.2, 0.25) is 0 Å². The van der Waals surface area contributed by atoms with Crippen molar-refractivity contribution in [2.75, 3.05) is 6.61 Å². The third-order valence-corrected chi connectivity index (χ3v) is 1.80. The molecule has 0 fully saturated rings. The van der Waals surface area contributed by atoms with Crippen molar-refractivity contribution in [2.24, 2.45) is 0 Å². The fourth-order valence-electron chi connectivity index (χ4n) is 0.991. The monoisotopic (exact) mass is 217 g/mol. The number of hydrogen-bond donors (Lipinski definition) is 0. The first-order valence-corrected chi connectivity index (χ1v) is 4.71. The molecule has 0 saturated heterocycles. The van der Waals surface area contributed by atoms with E-state index in [4.69, 9.17) is 10.00 Å². The van der Waals surface area contributed by atoms with E-state index in [-0.39, 0.29) is 12.3 Å². The van der Waals surface area contributed by atoms with Crippen molar-refractivity contribution in [1.29, 1.82) is 5.26 Å².